The van der Waals surface area contributed by atoms with Crippen LogP contribution in [0, 0.1) is 5.92 Å². The van der Waals surface area contributed by atoms with E-state index in [1.165, 1.54) is 5.56 Å². The van der Waals surface area contributed by atoms with Crippen molar-refractivity contribution in [3.05, 3.63) is 23.5 Å². The third-order valence-electron chi connectivity index (χ3n) is 6.22. The largest absolute Gasteiger partial charge is 0.383 e. The van der Waals surface area contributed by atoms with E-state index in [0.717, 1.165) is 37.3 Å². The maximum absolute atomic E-state index is 13.4. The summed E-state index contributed by atoms with van der Waals surface area (Å²) in [7, 11) is 1.73. The Labute approximate surface area is 176 Å². The monoisotopic (exact) mass is 402 g/mol. The van der Waals surface area contributed by atoms with Crippen molar-refractivity contribution in [2.24, 2.45) is 5.92 Å². The van der Waals surface area contributed by atoms with Crippen LogP contribution in [0.4, 0.5) is 5.69 Å². The molecule has 0 unspecified atom stereocenters. The number of fused-ring (bicyclic) bond motifs is 1. The van der Waals surface area contributed by atoms with Crippen LogP contribution >= 0.6 is 0 Å². The molecule has 1 aromatic rings. The SMILES string of the molecule is COC[C@H]1CN[C@H](C)CN1CC(=O)N1CC(C)(C)c2cnc(CCC(C)C)cc21. The molecule has 1 aromatic heterocycles. The van der Waals surface area contributed by atoms with Crippen LogP contribution in [0.5, 0.6) is 0 Å². The molecule has 0 radical (unpaired) electrons. The Kier molecular flexibility index (Phi) is 6.97. The molecule has 1 saturated heterocycles. The number of carbonyl (C=O) groups excluding carboxylic acids is 1. The van der Waals surface area contributed by atoms with E-state index in [1.807, 2.05) is 11.1 Å². The van der Waals surface area contributed by atoms with E-state index in [1.54, 1.807) is 7.11 Å². The summed E-state index contributed by atoms with van der Waals surface area (Å²) in [5, 5.41) is 3.49. The number of amides is 1. The molecule has 1 amide bonds. The zero-order valence-corrected chi connectivity index (χ0v) is 19.0. The van der Waals surface area contributed by atoms with E-state index in [2.05, 4.69) is 50.9 Å². The zero-order chi connectivity index (χ0) is 21.2. The molecule has 6 heteroatoms. The Morgan fingerprint density at radius 3 is 2.86 bits per heavy atom. The number of carbonyl (C=O) groups is 1. The molecule has 0 spiro atoms. The number of piperazine rings is 1. The van der Waals surface area contributed by atoms with Crippen LogP contribution < -0.4 is 10.2 Å². The van der Waals surface area contributed by atoms with E-state index in [-0.39, 0.29) is 17.4 Å². The summed E-state index contributed by atoms with van der Waals surface area (Å²) in [5.74, 6) is 0.819. The van der Waals surface area contributed by atoms with Crippen molar-refractivity contribution in [2.75, 3.05) is 44.8 Å². The highest BCUT2D eigenvalue weighted by Crippen LogP contribution is 2.40. The first-order chi connectivity index (χ1) is 13.7. The number of anilines is 1. The predicted molar refractivity (Wildman–Crippen MR) is 117 cm³/mol. The van der Waals surface area contributed by atoms with Crippen LogP contribution in [-0.4, -0.2) is 67.8 Å². The minimum Gasteiger partial charge on any atom is -0.383 e. The van der Waals surface area contributed by atoms with Crippen molar-refractivity contribution in [2.45, 2.75) is 65.0 Å². The number of pyridine rings is 1. The van der Waals surface area contributed by atoms with E-state index >= 15 is 0 Å². The molecule has 3 heterocycles. The topological polar surface area (TPSA) is 57.7 Å². The molecular formula is C23H38N4O2. The van der Waals surface area contributed by atoms with Gasteiger partial charge >= 0.3 is 0 Å². The normalized spacial score (nSPS) is 24.2. The Balaban J connectivity index is 1.78. The Bertz CT molecular complexity index is 719. The van der Waals surface area contributed by atoms with Gasteiger partial charge in [-0.1, -0.05) is 27.7 Å². The van der Waals surface area contributed by atoms with Crippen molar-refractivity contribution in [3.8, 4) is 0 Å². The lowest BCUT2D eigenvalue weighted by atomic mass is 9.88. The lowest BCUT2D eigenvalue weighted by Crippen LogP contribution is -2.59. The maximum atomic E-state index is 13.4. The van der Waals surface area contributed by atoms with Gasteiger partial charge in [0.15, 0.2) is 0 Å². The number of hydrogen-bond acceptors (Lipinski definition) is 5. The Morgan fingerprint density at radius 1 is 1.41 bits per heavy atom. The molecule has 2 atom stereocenters. The van der Waals surface area contributed by atoms with E-state index < -0.39 is 0 Å². The van der Waals surface area contributed by atoms with Crippen LogP contribution in [0.25, 0.3) is 0 Å². The zero-order valence-electron chi connectivity index (χ0n) is 19.0. The smallest absolute Gasteiger partial charge is 0.241 e. The van der Waals surface area contributed by atoms with Gasteiger partial charge in [0.05, 0.1) is 18.8 Å². The number of aromatic nitrogens is 1. The van der Waals surface area contributed by atoms with E-state index in [0.29, 0.717) is 31.7 Å². The van der Waals surface area contributed by atoms with Crippen LogP contribution in [0.15, 0.2) is 12.3 Å². The molecular weight excluding hydrogens is 364 g/mol. The quantitative estimate of drug-likeness (QED) is 0.760. The van der Waals surface area contributed by atoms with Gasteiger partial charge in [-0.2, -0.15) is 0 Å². The van der Waals surface area contributed by atoms with Gasteiger partial charge in [0.2, 0.25) is 5.91 Å². The van der Waals surface area contributed by atoms with Crippen LogP contribution in [0.3, 0.4) is 0 Å². The molecule has 1 N–H and O–H groups in total. The van der Waals surface area contributed by atoms with Crippen molar-refractivity contribution in [1.82, 2.24) is 15.2 Å². The lowest BCUT2D eigenvalue weighted by Gasteiger charge is -2.39. The van der Waals surface area contributed by atoms with Gasteiger partial charge in [0.1, 0.15) is 0 Å². The first-order valence-electron chi connectivity index (χ1n) is 11.0. The minimum atomic E-state index is -0.0722. The fraction of sp³-hybridized carbons (Fsp3) is 0.739. The van der Waals surface area contributed by atoms with Gasteiger partial charge in [-0.05, 0) is 31.7 Å². The highest BCUT2D eigenvalue weighted by molar-refractivity contribution is 5.97. The van der Waals surface area contributed by atoms with Crippen molar-refractivity contribution >= 4 is 11.6 Å². The Morgan fingerprint density at radius 2 is 2.17 bits per heavy atom. The average Bonchev–Trinajstić information content (AvgIpc) is 2.93. The standard InChI is InChI=1S/C23H38N4O2/c1-16(2)7-8-18-9-21-20(11-25-18)23(4,5)15-27(21)22(28)13-26-12-17(3)24-10-19(26)14-29-6/h9,11,16-17,19,24H,7-8,10,12-15H2,1-6H3/t17-,19-/m1/s1. The van der Waals surface area contributed by atoms with Crippen LogP contribution in [-0.2, 0) is 21.4 Å². The molecule has 2 aliphatic rings. The second-order valence-electron chi connectivity index (χ2n) is 9.84. The fourth-order valence-electron chi connectivity index (χ4n) is 4.43. The second kappa shape index (κ2) is 9.11. The van der Waals surface area contributed by atoms with Crippen molar-refractivity contribution in [3.63, 3.8) is 0 Å². The number of aryl methyl sites for hydroxylation is 1. The molecule has 29 heavy (non-hydrogen) atoms. The summed E-state index contributed by atoms with van der Waals surface area (Å²) in [4.78, 5) is 22.4. The summed E-state index contributed by atoms with van der Waals surface area (Å²) in [6, 6.07) is 2.76. The molecule has 0 aromatic carbocycles. The van der Waals surface area contributed by atoms with Crippen molar-refractivity contribution in [1.29, 1.82) is 0 Å². The van der Waals surface area contributed by atoms with Gasteiger partial charge in [-0.25, -0.2) is 0 Å². The highest BCUT2D eigenvalue weighted by atomic mass is 16.5. The number of ether oxygens (including phenoxy) is 1. The molecule has 2 aliphatic heterocycles. The van der Waals surface area contributed by atoms with Gasteiger partial charge in [0.25, 0.3) is 0 Å². The molecule has 1 fully saturated rings. The summed E-state index contributed by atoms with van der Waals surface area (Å²) in [6.07, 6.45) is 4.07. The fourth-order valence-corrected chi connectivity index (χ4v) is 4.43. The predicted octanol–water partition coefficient (Wildman–Crippen LogP) is 2.60. The molecule has 3 rings (SSSR count). The number of rotatable bonds is 7. The molecule has 0 aliphatic carbocycles. The number of hydrogen-bond donors (Lipinski definition) is 1. The van der Waals surface area contributed by atoms with Crippen LogP contribution in [0.2, 0.25) is 0 Å². The summed E-state index contributed by atoms with van der Waals surface area (Å²) in [6.45, 7) is 14.5. The van der Waals surface area contributed by atoms with Gasteiger partial charge < -0.3 is 15.0 Å². The number of nitrogens with one attached hydrogen (secondary N) is 1. The number of methoxy groups -OCH3 is 1. The van der Waals surface area contributed by atoms with Gasteiger partial charge in [0, 0.05) is 61.7 Å². The summed E-state index contributed by atoms with van der Waals surface area (Å²) < 4.78 is 5.39. The molecule has 0 saturated carbocycles. The highest BCUT2D eigenvalue weighted by Gasteiger charge is 2.39. The van der Waals surface area contributed by atoms with Gasteiger partial charge in [-0.15, -0.1) is 0 Å². The first kappa shape index (κ1) is 22.2. The Hall–Kier alpha value is -1.50. The molecule has 0 bridgehead atoms. The first-order valence-corrected chi connectivity index (χ1v) is 11.0. The lowest BCUT2D eigenvalue weighted by molar-refractivity contribution is -0.121. The summed E-state index contributed by atoms with van der Waals surface area (Å²) in [5.41, 5.74) is 3.25. The summed E-state index contributed by atoms with van der Waals surface area (Å²) >= 11 is 0. The second-order valence-corrected chi connectivity index (χ2v) is 9.84. The minimum absolute atomic E-state index is 0.0722. The van der Waals surface area contributed by atoms with Crippen LogP contribution in [0.1, 0.15) is 52.3 Å². The van der Waals surface area contributed by atoms with E-state index in [9.17, 15) is 4.79 Å². The molecule has 6 nitrogen and oxygen atoms in total. The third kappa shape index (κ3) is 5.16. The molecule has 162 valence electrons. The van der Waals surface area contributed by atoms with E-state index in [4.69, 9.17) is 9.72 Å². The number of nitrogens with zero attached hydrogens (tertiary/aromatic N) is 3. The third-order valence-corrected chi connectivity index (χ3v) is 6.22. The van der Waals surface area contributed by atoms with Gasteiger partial charge in [-0.3, -0.25) is 14.7 Å². The maximum Gasteiger partial charge on any atom is 0.241 e. The average molecular weight is 403 g/mol. The van der Waals surface area contributed by atoms with Crippen molar-refractivity contribution < 1.29 is 9.53 Å².